The van der Waals surface area contributed by atoms with E-state index in [2.05, 4.69) is 0 Å². The monoisotopic (exact) mass is 323 g/mol. The largest absolute Gasteiger partial charge is 0.453 e. The van der Waals surface area contributed by atoms with Gasteiger partial charge in [0, 0.05) is 30.6 Å². The number of benzene rings is 1. The first kappa shape index (κ1) is 16.5. The van der Waals surface area contributed by atoms with Crippen molar-refractivity contribution in [3.63, 3.8) is 0 Å². The molecule has 0 fully saturated rings. The Morgan fingerprint density at radius 2 is 2.09 bits per heavy atom. The van der Waals surface area contributed by atoms with Gasteiger partial charge >= 0.3 is 5.97 Å². The lowest BCUT2D eigenvalue weighted by atomic mass is 10.0. The Morgan fingerprint density at radius 3 is 2.73 bits per heavy atom. The molecule has 22 heavy (non-hydrogen) atoms. The maximum atomic E-state index is 12.3. The number of nitrogens with zero attached hydrogens (tertiary/aromatic N) is 1. The van der Waals surface area contributed by atoms with E-state index in [0.29, 0.717) is 17.0 Å². The molecular weight excluding hydrogens is 306 g/mol. The summed E-state index contributed by atoms with van der Waals surface area (Å²) in [5.41, 5.74) is 1.47. The average Bonchev–Trinajstić information content (AvgIpc) is 2.74. The number of esters is 1. The van der Waals surface area contributed by atoms with Gasteiger partial charge in [-0.1, -0.05) is 17.7 Å². The molecule has 2 rings (SSSR count). The van der Waals surface area contributed by atoms with E-state index in [0.717, 1.165) is 5.56 Å². The van der Waals surface area contributed by atoms with Crippen LogP contribution in [0.25, 0.3) is 0 Å². The minimum absolute atomic E-state index is 0.0316. The van der Waals surface area contributed by atoms with E-state index < -0.39 is 18.0 Å². The number of hydrogen-bond donors (Lipinski definition) is 0. The summed E-state index contributed by atoms with van der Waals surface area (Å²) in [6, 6.07) is 5.16. The molecule has 5 nitrogen and oxygen atoms in total. The highest BCUT2D eigenvalue weighted by atomic mass is 35.5. The standard InChI is InChI=1S/C16H18ClNO4/c1-9(16(21)18(2)3)22-14(19)7-11-6-10-4-5-12(17)8-13(10)15(11)20/h4-5,8-9,11H,6-7H2,1-3H3. The zero-order valence-corrected chi connectivity index (χ0v) is 13.5. The number of ketones is 1. The van der Waals surface area contributed by atoms with E-state index >= 15 is 0 Å². The summed E-state index contributed by atoms with van der Waals surface area (Å²) in [4.78, 5) is 37.2. The number of ether oxygens (including phenoxy) is 1. The summed E-state index contributed by atoms with van der Waals surface area (Å²) in [6.45, 7) is 1.52. The predicted molar refractivity (Wildman–Crippen MR) is 81.8 cm³/mol. The third kappa shape index (κ3) is 3.47. The van der Waals surface area contributed by atoms with E-state index in [1.165, 1.54) is 11.8 Å². The van der Waals surface area contributed by atoms with Crippen molar-refractivity contribution < 1.29 is 19.1 Å². The molecule has 1 aromatic rings. The molecule has 6 heteroatoms. The summed E-state index contributed by atoms with van der Waals surface area (Å²) in [7, 11) is 3.18. The SMILES string of the molecule is CC(OC(=O)CC1Cc2ccc(Cl)cc2C1=O)C(=O)N(C)C. The number of amides is 1. The maximum Gasteiger partial charge on any atom is 0.307 e. The van der Waals surface area contributed by atoms with Crippen LogP contribution >= 0.6 is 11.6 Å². The highest BCUT2D eigenvalue weighted by molar-refractivity contribution is 6.31. The van der Waals surface area contributed by atoms with Gasteiger partial charge in [-0.15, -0.1) is 0 Å². The summed E-state index contributed by atoms with van der Waals surface area (Å²) in [5.74, 6) is -1.37. The van der Waals surface area contributed by atoms with Crippen LogP contribution < -0.4 is 0 Å². The Labute approximate surface area is 134 Å². The van der Waals surface area contributed by atoms with Crippen LogP contribution in [0.15, 0.2) is 18.2 Å². The van der Waals surface area contributed by atoms with E-state index in [9.17, 15) is 14.4 Å². The quantitative estimate of drug-likeness (QED) is 0.796. The van der Waals surface area contributed by atoms with Crippen LogP contribution in [-0.4, -0.2) is 42.8 Å². The van der Waals surface area contributed by atoms with E-state index in [1.807, 2.05) is 0 Å². The van der Waals surface area contributed by atoms with Crippen LogP contribution in [0, 0.1) is 5.92 Å². The van der Waals surface area contributed by atoms with Gasteiger partial charge in [0.1, 0.15) is 0 Å². The first-order chi connectivity index (χ1) is 10.3. The molecule has 118 valence electrons. The van der Waals surface area contributed by atoms with Crippen LogP contribution in [0.2, 0.25) is 5.02 Å². The smallest absolute Gasteiger partial charge is 0.307 e. The molecule has 0 aromatic heterocycles. The van der Waals surface area contributed by atoms with Gasteiger partial charge in [0.05, 0.1) is 6.42 Å². The van der Waals surface area contributed by atoms with Gasteiger partial charge in [-0.25, -0.2) is 0 Å². The van der Waals surface area contributed by atoms with E-state index in [4.69, 9.17) is 16.3 Å². The number of halogens is 1. The van der Waals surface area contributed by atoms with E-state index in [1.54, 1.807) is 32.3 Å². The molecule has 0 aliphatic heterocycles. The minimum Gasteiger partial charge on any atom is -0.453 e. The topological polar surface area (TPSA) is 63.7 Å². The van der Waals surface area contributed by atoms with Crippen molar-refractivity contribution in [2.45, 2.75) is 25.9 Å². The van der Waals surface area contributed by atoms with Gasteiger partial charge in [0.25, 0.3) is 5.91 Å². The van der Waals surface area contributed by atoms with Crippen LogP contribution in [0.5, 0.6) is 0 Å². The molecule has 0 radical (unpaired) electrons. The second-order valence-electron chi connectivity index (χ2n) is 5.64. The summed E-state index contributed by atoms with van der Waals surface area (Å²) < 4.78 is 5.10. The number of likely N-dealkylation sites (N-methyl/N-ethyl adjacent to an activating group) is 1. The number of carbonyl (C=O) groups excluding carboxylic acids is 3. The second kappa shape index (κ2) is 6.48. The number of fused-ring (bicyclic) bond motifs is 1. The average molecular weight is 324 g/mol. The lowest BCUT2D eigenvalue weighted by Crippen LogP contribution is -2.35. The van der Waals surface area contributed by atoms with Crippen molar-refractivity contribution in [1.82, 2.24) is 4.90 Å². The molecule has 0 heterocycles. The molecule has 0 bridgehead atoms. The van der Waals surface area contributed by atoms with Crippen molar-refractivity contribution in [3.05, 3.63) is 34.3 Å². The molecule has 2 unspecified atom stereocenters. The van der Waals surface area contributed by atoms with Crippen molar-refractivity contribution in [1.29, 1.82) is 0 Å². The molecule has 1 aliphatic carbocycles. The fourth-order valence-corrected chi connectivity index (χ4v) is 2.73. The number of hydrogen-bond acceptors (Lipinski definition) is 4. The van der Waals surface area contributed by atoms with Gasteiger partial charge in [0.2, 0.25) is 0 Å². The molecule has 2 atom stereocenters. The fraction of sp³-hybridized carbons (Fsp3) is 0.438. The Hall–Kier alpha value is -1.88. The fourth-order valence-electron chi connectivity index (χ4n) is 2.56. The molecule has 0 N–H and O–H groups in total. The Kier molecular flexibility index (Phi) is 4.86. The lowest BCUT2D eigenvalue weighted by molar-refractivity contribution is -0.158. The van der Waals surface area contributed by atoms with Crippen molar-refractivity contribution in [2.75, 3.05) is 14.1 Å². The van der Waals surface area contributed by atoms with E-state index in [-0.39, 0.29) is 18.1 Å². The lowest BCUT2D eigenvalue weighted by Gasteiger charge is -2.18. The Morgan fingerprint density at radius 1 is 1.41 bits per heavy atom. The zero-order chi connectivity index (χ0) is 16.4. The Balaban J connectivity index is 1.97. The molecular formula is C16H18ClNO4. The molecule has 1 amide bonds. The molecule has 1 aliphatic rings. The molecule has 1 aromatic carbocycles. The number of Topliss-reactive ketones (excluding diaryl/α,β-unsaturated/α-hetero) is 1. The summed E-state index contributed by atoms with van der Waals surface area (Å²) in [5, 5.41) is 0.500. The van der Waals surface area contributed by atoms with Crippen molar-refractivity contribution in [2.24, 2.45) is 5.92 Å². The first-order valence-electron chi connectivity index (χ1n) is 7.03. The third-order valence-corrected chi connectivity index (χ3v) is 3.92. The van der Waals surface area contributed by atoms with Crippen molar-refractivity contribution in [3.8, 4) is 0 Å². The summed E-state index contributed by atoms with van der Waals surface area (Å²) in [6.07, 6.45) is -0.386. The highest BCUT2D eigenvalue weighted by Crippen LogP contribution is 2.31. The van der Waals surface area contributed by atoms with Gasteiger partial charge in [-0.2, -0.15) is 0 Å². The van der Waals surface area contributed by atoms with Crippen LogP contribution in [0.3, 0.4) is 0 Å². The summed E-state index contributed by atoms with van der Waals surface area (Å²) >= 11 is 5.89. The minimum atomic E-state index is -0.851. The number of rotatable bonds is 4. The predicted octanol–water partition coefficient (Wildman–Crippen LogP) is 2.10. The van der Waals surface area contributed by atoms with Crippen molar-refractivity contribution >= 4 is 29.3 Å². The molecule has 0 saturated carbocycles. The van der Waals surface area contributed by atoms with Crippen LogP contribution in [0.1, 0.15) is 29.3 Å². The molecule has 0 saturated heterocycles. The van der Waals surface area contributed by atoms with Crippen LogP contribution in [-0.2, 0) is 20.7 Å². The van der Waals surface area contributed by atoms with Gasteiger partial charge in [-0.3, -0.25) is 14.4 Å². The zero-order valence-electron chi connectivity index (χ0n) is 12.8. The van der Waals surface area contributed by atoms with Gasteiger partial charge < -0.3 is 9.64 Å². The van der Waals surface area contributed by atoms with Crippen LogP contribution in [0.4, 0.5) is 0 Å². The van der Waals surface area contributed by atoms with Gasteiger partial charge in [0.15, 0.2) is 11.9 Å². The third-order valence-electron chi connectivity index (χ3n) is 3.68. The van der Waals surface area contributed by atoms with Gasteiger partial charge in [-0.05, 0) is 31.0 Å². The second-order valence-corrected chi connectivity index (χ2v) is 6.07. The number of carbonyl (C=O) groups is 3. The Bertz CT molecular complexity index is 627. The molecule has 0 spiro atoms. The highest BCUT2D eigenvalue weighted by Gasteiger charge is 2.33. The first-order valence-corrected chi connectivity index (χ1v) is 7.40. The maximum absolute atomic E-state index is 12.3. The normalized spacial score (nSPS) is 17.8.